The molecule has 0 aromatic heterocycles. The summed E-state index contributed by atoms with van der Waals surface area (Å²) in [4.78, 5) is 11.0. The fourth-order valence-corrected chi connectivity index (χ4v) is 2.69. The number of rotatable bonds is 8. The lowest BCUT2D eigenvalue weighted by Crippen LogP contribution is -2.34. The Bertz CT molecular complexity index is 431. The molecule has 0 radical (unpaired) electrons. The maximum Gasteiger partial charge on any atom is 0.304 e. The first kappa shape index (κ1) is 16.7. The largest absolute Gasteiger partial charge is 0.481 e. The number of benzene rings is 1. The minimum Gasteiger partial charge on any atom is -0.481 e. The van der Waals surface area contributed by atoms with Crippen LogP contribution in [0.25, 0.3) is 0 Å². The van der Waals surface area contributed by atoms with Crippen LogP contribution in [0.4, 0.5) is 0 Å². The summed E-state index contributed by atoms with van der Waals surface area (Å²) in [5.41, 5.74) is 5.06. The van der Waals surface area contributed by atoms with Crippen LogP contribution in [0.2, 0.25) is 0 Å². The molecular weight excluding hydrogens is 250 g/mol. The van der Waals surface area contributed by atoms with Crippen molar-refractivity contribution in [2.75, 3.05) is 6.54 Å². The Morgan fingerprint density at radius 3 is 2.35 bits per heavy atom. The molecule has 1 aromatic carbocycles. The van der Waals surface area contributed by atoms with E-state index in [1.807, 2.05) is 0 Å². The van der Waals surface area contributed by atoms with Gasteiger partial charge in [0, 0.05) is 6.04 Å². The van der Waals surface area contributed by atoms with Crippen LogP contribution in [-0.2, 0) is 11.2 Å². The number of aliphatic carboxylic acids is 1. The molecule has 20 heavy (non-hydrogen) atoms. The molecule has 0 fully saturated rings. The van der Waals surface area contributed by atoms with E-state index in [4.69, 9.17) is 5.11 Å². The number of hydrogen-bond acceptors (Lipinski definition) is 2. The van der Waals surface area contributed by atoms with Crippen LogP contribution in [-0.4, -0.2) is 23.7 Å². The van der Waals surface area contributed by atoms with Gasteiger partial charge in [0.1, 0.15) is 0 Å². The molecule has 0 aliphatic heterocycles. The number of unbranched alkanes of at least 4 members (excludes halogenated alkanes) is 1. The smallest absolute Gasteiger partial charge is 0.304 e. The first-order valence-electron chi connectivity index (χ1n) is 7.46. The average molecular weight is 277 g/mol. The van der Waals surface area contributed by atoms with E-state index in [1.54, 1.807) is 0 Å². The highest BCUT2D eigenvalue weighted by atomic mass is 16.4. The van der Waals surface area contributed by atoms with E-state index in [1.165, 1.54) is 22.3 Å². The summed E-state index contributed by atoms with van der Waals surface area (Å²) >= 11 is 0. The predicted octanol–water partition coefficient (Wildman–Crippen LogP) is 3.39. The monoisotopic (exact) mass is 277 g/mol. The van der Waals surface area contributed by atoms with Crippen LogP contribution in [0.3, 0.4) is 0 Å². The second kappa shape index (κ2) is 8.05. The first-order chi connectivity index (χ1) is 9.43. The van der Waals surface area contributed by atoms with Crippen molar-refractivity contribution in [3.63, 3.8) is 0 Å². The molecule has 0 spiro atoms. The minimum absolute atomic E-state index is 0.0131. The van der Waals surface area contributed by atoms with E-state index in [9.17, 15) is 4.79 Å². The van der Waals surface area contributed by atoms with Gasteiger partial charge in [-0.15, -0.1) is 0 Å². The van der Waals surface area contributed by atoms with Gasteiger partial charge in [-0.2, -0.15) is 0 Å². The molecule has 1 rings (SSSR count). The zero-order valence-electron chi connectivity index (χ0n) is 13.1. The molecule has 3 heteroatoms. The van der Waals surface area contributed by atoms with Crippen LogP contribution < -0.4 is 5.32 Å². The summed E-state index contributed by atoms with van der Waals surface area (Å²) in [5.74, 6) is -0.735. The Balaban J connectivity index is 2.80. The van der Waals surface area contributed by atoms with Gasteiger partial charge in [0.25, 0.3) is 0 Å². The van der Waals surface area contributed by atoms with Gasteiger partial charge in [-0.1, -0.05) is 31.0 Å². The molecule has 0 amide bonds. The Hall–Kier alpha value is -1.35. The molecule has 0 aliphatic carbocycles. The molecule has 0 saturated heterocycles. The van der Waals surface area contributed by atoms with Crippen LogP contribution >= 0.6 is 0 Å². The topological polar surface area (TPSA) is 49.3 Å². The van der Waals surface area contributed by atoms with Crippen molar-refractivity contribution in [1.82, 2.24) is 5.32 Å². The lowest BCUT2D eigenvalue weighted by Gasteiger charge is -2.20. The van der Waals surface area contributed by atoms with E-state index < -0.39 is 5.97 Å². The Morgan fingerprint density at radius 2 is 1.85 bits per heavy atom. The van der Waals surface area contributed by atoms with Crippen molar-refractivity contribution in [3.8, 4) is 0 Å². The van der Waals surface area contributed by atoms with Crippen LogP contribution in [0.1, 0.15) is 48.4 Å². The lowest BCUT2D eigenvalue weighted by atomic mass is 9.93. The second-order valence-electron chi connectivity index (χ2n) is 5.68. The molecule has 0 bridgehead atoms. The molecule has 1 aromatic rings. The van der Waals surface area contributed by atoms with Crippen molar-refractivity contribution in [2.24, 2.45) is 0 Å². The van der Waals surface area contributed by atoms with Crippen LogP contribution in [0.5, 0.6) is 0 Å². The first-order valence-corrected chi connectivity index (χ1v) is 7.46. The molecule has 0 aliphatic rings. The summed E-state index contributed by atoms with van der Waals surface area (Å²) in [6.45, 7) is 9.34. The third-order valence-corrected chi connectivity index (χ3v) is 3.68. The number of hydrogen-bond donors (Lipinski definition) is 2. The molecule has 0 saturated carbocycles. The van der Waals surface area contributed by atoms with Crippen molar-refractivity contribution in [3.05, 3.63) is 34.4 Å². The Kier molecular flexibility index (Phi) is 6.73. The van der Waals surface area contributed by atoms with Crippen molar-refractivity contribution in [2.45, 2.75) is 59.4 Å². The zero-order valence-corrected chi connectivity index (χ0v) is 13.1. The minimum atomic E-state index is -0.735. The number of carboxylic acids is 1. The Morgan fingerprint density at radius 1 is 1.25 bits per heavy atom. The summed E-state index contributed by atoms with van der Waals surface area (Å²) in [5, 5.41) is 12.4. The second-order valence-corrected chi connectivity index (χ2v) is 5.68. The van der Waals surface area contributed by atoms with E-state index >= 15 is 0 Å². The summed E-state index contributed by atoms with van der Waals surface area (Å²) < 4.78 is 0. The predicted molar refractivity (Wildman–Crippen MR) is 83.3 cm³/mol. The molecule has 1 atom stereocenters. The maximum absolute atomic E-state index is 11.0. The molecular formula is C17H27NO2. The van der Waals surface area contributed by atoms with Crippen LogP contribution in [0.15, 0.2) is 12.1 Å². The molecule has 0 heterocycles. The van der Waals surface area contributed by atoms with E-state index in [2.05, 4.69) is 45.1 Å². The normalized spacial score (nSPS) is 12.4. The van der Waals surface area contributed by atoms with Gasteiger partial charge < -0.3 is 10.4 Å². The molecule has 3 nitrogen and oxygen atoms in total. The van der Waals surface area contributed by atoms with E-state index in [-0.39, 0.29) is 12.5 Å². The SMILES string of the molecule is CCCCNC(CC(=O)O)Cc1c(C)cc(C)cc1C. The van der Waals surface area contributed by atoms with Crippen molar-refractivity contribution >= 4 is 5.97 Å². The number of carbonyl (C=O) groups is 1. The average Bonchev–Trinajstić information content (AvgIpc) is 2.33. The van der Waals surface area contributed by atoms with Crippen molar-refractivity contribution in [1.29, 1.82) is 0 Å². The molecule has 2 N–H and O–H groups in total. The third-order valence-electron chi connectivity index (χ3n) is 3.68. The van der Waals surface area contributed by atoms with Crippen LogP contribution in [0, 0.1) is 20.8 Å². The highest BCUT2D eigenvalue weighted by molar-refractivity contribution is 5.67. The summed E-state index contributed by atoms with van der Waals surface area (Å²) in [6.07, 6.45) is 3.17. The van der Waals surface area contributed by atoms with Gasteiger partial charge in [0.2, 0.25) is 0 Å². The summed E-state index contributed by atoms with van der Waals surface area (Å²) in [6, 6.07) is 4.36. The van der Waals surface area contributed by atoms with Gasteiger partial charge in [-0.05, 0) is 56.8 Å². The van der Waals surface area contributed by atoms with E-state index in [0.717, 1.165) is 25.8 Å². The van der Waals surface area contributed by atoms with Gasteiger partial charge >= 0.3 is 5.97 Å². The number of nitrogens with one attached hydrogen (secondary N) is 1. The number of aryl methyl sites for hydroxylation is 3. The van der Waals surface area contributed by atoms with Gasteiger partial charge in [-0.3, -0.25) is 4.79 Å². The van der Waals surface area contributed by atoms with Gasteiger partial charge in [0.05, 0.1) is 6.42 Å². The third kappa shape index (κ3) is 5.33. The van der Waals surface area contributed by atoms with Gasteiger partial charge in [-0.25, -0.2) is 0 Å². The fourth-order valence-electron chi connectivity index (χ4n) is 2.69. The Labute approximate surface area is 122 Å². The standard InChI is InChI=1S/C17H27NO2/c1-5-6-7-18-15(11-17(19)20)10-16-13(3)8-12(2)9-14(16)4/h8-9,15,18H,5-7,10-11H2,1-4H3,(H,19,20). The quantitative estimate of drug-likeness (QED) is 0.716. The molecule has 112 valence electrons. The zero-order chi connectivity index (χ0) is 15.1. The van der Waals surface area contributed by atoms with Crippen molar-refractivity contribution < 1.29 is 9.90 Å². The fraction of sp³-hybridized carbons (Fsp3) is 0.588. The number of carboxylic acid groups (broad SMARTS) is 1. The van der Waals surface area contributed by atoms with Gasteiger partial charge in [0.15, 0.2) is 0 Å². The maximum atomic E-state index is 11.0. The van der Waals surface area contributed by atoms with E-state index in [0.29, 0.717) is 0 Å². The highest BCUT2D eigenvalue weighted by Crippen LogP contribution is 2.19. The lowest BCUT2D eigenvalue weighted by molar-refractivity contribution is -0.137. The highest BCUT2D eigenvalue weighted by Gasteiger charge is 2.15. The summed E-state index contributed by atoms with van der Waals surface area (Å²) in [7, 11) is 0. The molecule has 1 unspecified atom stereocenters.